The fourth-order valence-corrected chi connectivity index (χ4v) is 2.52. The van der Waals surface area contributed by atoms with Gasteiger partial charge in [-0.2, -0.15) is 0 Å². The Morgan fingerprint density at radius 2 is 1.65 bits per heavy atom. The van der Waals surface area contributed by atoms with Crippen LogP contribution < -0.4 is 5.46 Å². The lowest BCUT2D eigenvalue weighted by molar-refractivity contribution is 0.00578. The number of carbonyl (C=O) groups excluding carboxylic acids is 1. The zero-order valence-corrected chi connectivity index (χ0v) is 14.8. The molecule has 0 spiro atoms. The average molecular weight is 321 g/mol. The van der Waals surface area contributed by atoms with Crippen molar-refractivity contribution in [2.45, 2.75) is 52.7 Å². The van der Waals surface area contributed by atoms with Crippen molar-refractivity contribution >= 4 is 18.5 Å². The lowest BCUT2D eigenvalue weighted by atomic mass is 9.78. The van der Waals surface area contributed by atoms with Crippen LogP contribution in [0, 0.1) is 5.82 Å². The molecule has 0 saturated carbocycles. The van der Waals surface area contributed by atoms with Crippen LogP contribution in [-0.2, 0) is 9.31 Å². The number of nitrogens with zero attached hydrogens (tertiary/aromatic N) is 1. The van der Waals surface area contributed by atoms with Gasteiger partial charge < -0.3 is 14.2 Å². The minimum absolute atomic E-state index is 0.118. The Balaban J connectivity index is 2.34. The molecule has 23 heavy (non-hydrogen) atoms. The van der Waals surface area contributed by atoms with E-state index in [1.165, 1.54) is 18.2 Å². The molecule has 6 heteroatoms. The molecule has 0 bridgehead atoms. The number of benzene rings is 1. The van der Waals surface area contributed by atoms with E-state index in [4.69, 9.17) is 9.31 Å². The monoisotopic (exact) mass is 321 g/mol. The molecule has 126 valence electrons. The van der Waals surface area contributed by atoms with E-state index in [1.54, 1.807) is 4.90 Å². The molecule has 1 aliphatic heterocycles. The van der Waals surface area contributed by atoms with Gasteiger partial charge in [0.2, 0.25) is 0 Å². The Bertz CT molecular complexity index is 584. The van der Waals surface area contributed by atoms with Crippen molar-refractivity contribution in [2.75, 3.05) is 13.1 Å². The van der Waals surface area contributed by atoms with E-state index < -0.39 is 24.1 Å². The maximum atomic E-state index is 14.3. The molecule has 2 rings (SSSR count). The molecule has 0 N–H and O–H groups in total. The second-order valence-electron chi connectivity index (χ2n) is 6.80. The van der Waals surface area contributed by atoms with E-state index in [9.17, 15) is 9.18 Å². The van der Waals surface area contributed by atoms with Crippen molar-refractivity contribution in [3.05, 3.63) is 29.6 Å². The fraction of sp³-hybridized carbons (Fsp3) is 0.588. The van der Waals surface area contributed by atoms with E-state index in [2.05, 4.69) is 0 Å². The Morgan fingerprint density at radius 3 is 2.13 bits per heavy atom. The summed E-state index contributed by atoms with van der Waals surface area (Å²) in [5, 5.41) is 0. The summed E-state index contributed by atoms with van der Waals surface area (Å²) in [6, 6.07) is 4.35. The van der Waals surface area contributed by atoms with Crippen LogP contribution in [0.4, 0.5) is 4.39 Å². The molecule has 0 unspecified atom stereocenters. The molecule has 0 radical (unpaired) electrons. The van der Waals surface area contributed by atoms with E-state index in [1.807, 2.05) is 41.5 Å². The quantitative estimate of drug-likeness (QED) is 0.800. The van der Waals surface area contributed by atoms with Crippen LogP contribution >= 0.6 is 0 Å². The van der Waals surface area contributed by atoms with Gasteiger partial charge >= 0.3 is 7.12 Å². The van der Waals surface area contributed by atoms with Crippen molar-refractivity contribution in [3.8, 4) is 0 Å². The molecular formula is C17H25BFNO3. The van der Waals surface area contributed by atoms with Gasteiger partial charge in [0.1, 0.15) is 5.82 Å². The lowest BCUT2D eigenvalue weighted by Crippen LogP contribution is -2.41. The van der Waals surface area contributed by atoms with Crippen LogP contribution in [0.3, 0.4) is 0 Å². The normalized spacial score (nSPS) is 19.0. The van der Waals surface area contributed by atoms with Gasteiger partial charge in [-0.1, -0.05) is 0 Å². The number of hydrogen-bond acceptors (Lipinski definition) is 3. The van der Waals surface area contributed by atoms with E-state index in [0.29, 0.717) is 18.7 Å². The van der Waals surface area contributed by atoms with Gasteiger partial charge in [-0.15, -0.1) is 0 Å². The molecule has 1 aliphatic rings. The lowest BCUT2D eigenvalue weighted by Gasteiger charge is -2.32. The average Bonchev–Trinajstić information content (AvgIpc) is 2.69. The highest BCUT2D eigenvalue weighted by molar-refractivity contribution is 6.62. The van der Waals surface area contributed by atoms with Gasteiger partial charge in [0.05, 0.1) is 11.2 Å². The summed E-state index contributed by atoms with van der Waals surface area (Å²) in [4.78, 5) is 14.2. The molecule has 0 aliphatic carbocycles. The van der Waals surface area contributed by atoms with Crippen LogP contribution in [-0.4, -0.2) is 42.2 Å². The van der Waals surface area contributed by atoms with E-state index >= 15 is 0 Å². The molecule has 1 aromatic rings. The maximum absolute atomic E-state index is 14.3. The molecule has 1 heterocycles. The first-order valence-electron chi connectivity index (χ1n) is 8.07. The molecular weight excluding hydrogens is 296 g/mol. The Kier molecular flexibility index (Phi) is 4.88. The van der Waals surface area contributed by atoms with Crippen LogP contribution in [0.25, 0.3) is 0 Å². The molecule has 0 atom stereocenters. The highest BCUT2D eigenvalue weighted by Crippen LogP contribution is 2.36. The van der Waals surface area contributed by atoms with Crippen LogP contribution in [0.1, 0.15) is 51.9 Å². The summed E-state index contributed by atoms with van der Waals surface area (Å²) in [5.41, 5.74) is -0.395. The van der Waals surface area contributed by atoms with Gasteiger partial charge in [-0.25, -0.2) is 4.39 Å². The highest BCUT2D eigenvalue weighted by Gasteiger charge is 2.52. The number of amides is 1. The van der Waals surface area contributed by atoms with Gasteiger partial charge in [-0.3, -0.25) is 4.79 Å². The van der Waals surface area contributed by atoms with Crippen LogP contribution in [0.15, 0.2) is 18.2 Å². The second kappa shape index (κ2) is 6.25. The van der Waals surface area contributed by atoms with Crippen LogP contribution in [0.2, 0.25) is 0 Å². The largest absolute Gasteiger partial charge is 0.497 e. The first-order valence-corrected chi connectivity index (χ1v) is 8.07. The van der Waals surface area contributed by atoms with Crippen LogP contribution in [0.5, 0.6) is 0 Å². The summed E-state index contributed by atoms with van der Waals surface area (Å²) in [5.74, 6) is -0.549. The molecule has 0 aromatic heterocycles. The number of hydrogen-bond donors (Lipinski definition) is 0. The fourth-order valence-electron chi connectivity index (χ4n) is 2.52. The minimum Gasteiger partial charge on any atom is -0.399 e. The maximum Gasteiger partial charge on any atom is 0.497 e. The first-order chi connectivity index (χ1) is 10.6. The Hall–Kier alpha value is -1.40. The number of halogens is 1. The predicted octanol–water partition coefficient (Wildman–Crippen LogP) is 2.61. The van der Waals surface area contributed by atoms with Crippen molar-refractivity contribution < 1.29 is 18.5 Å². The third-order valence-corrected chi connectivity index (χ3v) is 4.80. The van der Waals surface area contributed by atoms with Crippen molar-refractivity contribution in [1.82, 2.24) is 4.90 Å². The zero-order valence-electron chi connectivity index (χ0n) is 14.8. The van der Waals surface area contributed by atoms with Crippen molar-refractivity contribution in [2.24, 2.45) is 0 Å². The summed E-state index contributed by atoms with van der Waals surface area (Å²) in [7, 11) is -0.815. The Morgan fingerprint density at radius 1 is 1.13 bits per heavy atom. The van der Waals surface area contributed by atoms with Crippen molar-refractivity contribution in [1.29, 1.82) is 0 Å². The Labute approximate surface area is 138 Å². The SMILES string of the molecule is CCN(CC)C(=O)c1ccc(F)c(B2OC(C)(C)C(C)(C)O2)c1. The summed E-state index contributed by atoms with van der Waals surface area (Å²) < 4.78 is 26.1. The zero-order chi connectivity index (χ0) is 17.4. The van der Waals surface area contributed by atoms with Gasteiger partial charge in [0.25, 0.3) is 5.91 Å². The van der Waals surface area contributed by atoms with Gasteiger partial charge in [0, 0.05) is 24.1 Å². The topological polar surface area (TPSA) is 38.8 Å². The molecule has 1 saturated heterocycles. The second-order valence-corrected chi connectivity index (χ2v) is 6.80. The first kappa shape index (κ1) is 18.0. The third kappa shape index (κ3) is 3.28. The smallest absolute Gasteiger partial charge is 0.399 e. The molecule has 1 fully saturated rings. The molecule has 4 nitrogen and oxygen atoms in total. The summed E-state index contributed by atoms with van der Waals surface area (Å²) in [6.07, 6.45) is 0. The van der Waals surface area contributed by atoms with E-state index in [-0.39, 0.29) is 11.4 Å². The standard InChI is InChI=1S/C17H25BFNO3/c1-7-20(8-2)15(21)12-9-10-14(19)13(11-12)18-22-16(3,4)17(5,6)23-18/h9-11H,7-8H2,1-6H3. The third-order valence-electron chi connectivity index (χ3n) is 4.80. The van der Waals surface area contributed by atoms with E-state index in [0.717, 1.165) is 0 Å². The molecule has 1 aromatic carbocycles. The van der Waals surface area contributed by atoms with Gasteiger partial charge in [0.15, 0.2) is 0 Å². The summed E-state index contributed by atoms with van der Waals surface area (Å²) >= 11 is 0. The highest BCUT2D eigenvalue weighted by atomic mass is 19.1. The number of carbonyl (C=O) groups is 1. The minimum atomic E-state index is -0.815. The molecule has 1 amide bonds. The van der Waals surface area contributed by atoms with Gasteiger partial charge in [-0.05, 0) is 59.7 Å². The van der Waals surface area contributed by atoms with Crippen molar-refractivity contribution in [3.63, 3.8) is 0 Å². The number of rotatable bonds is 4. The predicted molar refractivity (Wildman–Crippen MR) is 89.4 cm³/mol. The summed E-state index contributed by atoms with van der Waals surface area (Å²) in [6.45, 7) is 12.7.